The van der Waals surface area contributed by atoms with Crippen LogP contribution in [0.5, 0.6) is 0 Å². The highest BCUT2D eigenvalue weighted by molar-refractivity contribution is 5.57. The quantitative estimate of drug-likeness (QED) is 0.754. The van der Waals surface area contributed by atoms with Crippen molar-refractivity contribution in [2.45, 2.75) is 33.4 Å². The van der Waals surface area contributed by atoms with Crippen LogP contribution >= 0.6 is 0 Å². The van der Waals surface area contributed by atoms with E-state index in [0.29, 0.717) is 11.8 Å². The van der Waals surface area contributed by atoms with Gasteiger partial charge < -0.3 is 9.73 Å². The van der Waals surface area contributed by atoms with Gasteiger partial charge in [-0.2, -0.15) is 0 Å². The van der Waals surface area contributed by atoms with Gasteiger partial charge in [0, 0.05) is 37.8 Å². The van der Waals surface area contributed by atoms with E-state index in [9.17, 15) is 0 Å². The summed E-state index contributed by atoms with van der Waals surface area (Å²) >= 11 is 0. The summed E-state index contributed by atoms with van der Waals surface area (Å²) in [5.74, 6) is 1.15. The van der Waals surface area contributed by atoms with Gasteiger partial charge in [-0.05, 0) is 47.9 Å². The molecule has 5 heteroatoms. The topological polar surface area (TPSA) is 54.2 Å². The van der Waals surface area contributed by atoms with Gasteiger partial charge in [-0.15, -0.1) is 10.2 Å². The Morgan fingerprint density at radius 1 is 1.15 bits per heavy atom. The summed E-state index contributed by atoms with van der Waals surface area (Å²) in [6.07, 6.45) is 1.10. The number of benzene rings is 2. The zero-order chi connectivity index (χ0) is 17.9. The minimum Gasteiger partial charge on any atom is -0.421 e. The van der Waals surface area contributed by atoms with E-state index < -0.39 is 0 Å². The molecule has 26 heavy (non-hydrogen) atoms. The lowest BCUT2D eigenvalue weighted by molar-refractivity contribution is 0.268. The Kier molecular flexibility index (Phi) is 4.71. The molecule has 0 aliphatic carbocycles. The maximum absolute atomic E-state index is 5.54. The highest BCUT2D eigenvalue weighted by atomic mass is 16.4. The number of rotatable bonds is 5. The molecule has 0 unspecified atom stereocenters. The zero-order valence-electron chi connectivity index (χ0n) is 15.3. The normalized spacial score (nSPS) is 14.2. The van der Waals surface area contributed by atoms with E-state index in [0.717, 1.165) is 38.2 Å². The van der Waals surface area contributed by atoms with E-state index in [1.807, 2.05) is 12.1 Å². The highest BCUT2D eigenvalue weighted by Gasteiger charge is 2.17. The first-order chi connectivity index (χ1) is 12.7. The molecule has 0 saturated heterocycles. The van der Waals surface area contributed by atoms with E-state index in [-0.39, 0.29) is 0 Å². The number of nitrogens with one attached hydrogen (secondary N) is 1. The van der Waals surface area contributed by atoms with Crippen molar-refractivity contribution < 1.29 is 4.42 Å². The molecule has 0 fully saturated rings. The van der Waals surface area contributed by atoms with Crippen molar-refractivity contribution in [1.29, 1.82) is 0 Å². The number of hydrogen-bond donors (Lipinski definition) is 1. The second kappa shape index (κ2) is 7.30. The molecule has 3 aromatic rings. The monoisotopic (exact) mass is 348 g/mol. The number of anilines is 1. The molecule has 1 aliphatic heterocycles. The SMILES string of the molecule is CCN1CCc2c(cccc2NCc2cccc(-c3nnc(C)o3)c2)C1. The van der Waals surface area contributed by atoms with Crippen molar-refractivity contribution in [3.8, 4) is 11.5 Å². The summed E-state index contributed by atoms with van der Waals surface area (Å²) in [5, 5.41) is 11.6. The molecule has 2 aromatic carbocycles. The summed E-state index contributed by atoms with van der Waals surface area (Å²) in [4.78, 5) is 2.49. The van der Waals surface area contributed by atoms with Crippen LogP contribution in [0.25, 0.3) is 11.5 Å². The third-order valence-electron chi connectivity index (χ3n) is 4.98. The van der Waals surface area contributed by atoms with E-state index in [2.05, 4.69) is 57.7 Å². The Hall–Kier alpha value is -2.66. The lowest BCUT2D eigenvalue weighted by Crippen LogP contribution is -2.30. The van der Waals surface area contributed by atoms with E-state index in [4.69, 9.17) is 4.42 Å². The first-order valence-electron chi connectivity index (χ1n) is 9.19. The molecule has 134 valence electrons. The molecule has 0 atom stereocenters. The molecular formula is C21H24N4O. The number of aromatic nitrogens is 2. The van der Waals surface area contributed by atoms with Gasteiger partial charge in [-0.3, -0.25) is 4.90 Å². The van der Waals surface area contributed by atoms with Crippen molar-refractivity contribution in [2.75, 3.05) is 18.4 Å². The van der Waals surface area contributed by atoms with Gasteiger partial charge >= 0.3 is 0 Å². The van der Waals surface area contributed by atoms with Crippen molar-refractivity contribution in [3.05, 3.63) is 65.0 Å². The van der Waals surface area contributed by atoms with Crippen LogP contribution in [-0.4, -0.2) is 28.2 Å². The molecule has 1 aliphatic rings. The van der Waals surface area contributed by atoms with Crippen LogP contribution in [0.1, 0.15) is 29.5 Å². The smallest absolute Gasteiger partial charge is 0.247 e. The van der Waals surface area contributed by atoms with E-state index in [1.54, 1.807) is 6.92 Å². The van der Waals surface area contributed by atoms with Crippen molar-refractivity contribution in [3.63, 3.8) is 0 Å². The van der Waals surface area contributed by atoms with E-state index in [1.165, 1.54) is 22.4 Å². The van der Waals surface area contributed by atoms with Crippen LogP contribution in [0.15, 0.2) is 46.9 Å². The minimum atomic E-state index is 0.570. The first-order valence-corrected chi connectivity index (χ1v) is 9.19. The number of aryl methyl sites for hydroxylation is 1. The molecule has 1 aromatic heterocycles. The fraction of sp³-hybridized carbons (Fsp3) is 0.333. The largest absolute Gasteiger partial charge is 0.421 e. The molecule has 5 nitrogen and oxygen atoms in total. The van der Waals surface area contributed by atoms with Crippen molar-refractivity contribution >= 4 is 5.69 Å². The second-order valence-corrected chi connectivity index (χ2v) is 6.74. The second-order valence-electron chi connectivity index (χ2n) is 6.74. The van der Waals surface area contributed by atoms with Crippen LogP contribution in [0.4, 0.5) is 5.69 Å². The number of hydrogen-bond acceptors (Lipinski definition) is 5. The Bertz CT molecular complexity index is 903. The summed E-state index contributed by atoms with van der Waals surface area (Å²) < 4.78 is 5.54. The molecular weight excluding hydrogens is 324 g/mol. The third kappa shape index (κ3) is 3.48. The lowest BCUT2D eigenvalue weighted by atomic mass is 9.97. The Morgan fingerprint density at radius 3 is 2.85 bits per heavy atom. The molecule has 0 spiro atoms. The van der Waals surface area contributed by atoms with Crippen LogP contribution in [-0.2, 0) is 19.5 Å². The van der Waals surface area contributed by atoms with Gasteiger partial charge in [0.15, 0.2) is 0 Å². The molecule has 0 bridgehead atoms. The van der Waals surface area contributed by atoms with Crippen molar-refractivity contribution in [1.82, 2.24) is 15.1 Å². The standard InChI is InChI=1S/C21H24N4O/c1-3-25-11-10-19-18(14-25)8-5-9-20(19)22-13-16-6-4-7-17(12-16)21-24-23-15(2)26-21/h4-9,12,22H,3,10-11,13-14H2,1-2H3. The van der Waals surface area contributed by atoms with Gasteiger partial charge in [0.25, 0.3) is 0 Å². The van der Waals surface area contributed by atoms with Gasteiger partial charge in [0.2, 0.25) is 11.8 Å². The Morgan fingerprint density at radius 2 is 2.04 bits per heavy atom. The van der Waals surface area contributed by atoms with Crippen LogP contribution in [0.2, 0.25) is 0 Å². The van der Waals surface area contributed by atoms with E-state index >= 15 is 0 Å². The molecule has 2 heterocycles. The van der Waals surface area contributed by atoms with Gasteiger partial charge in [-0.25, -0.2) is 0 Å². The molecule has 0 radical (unpaired) electrons. The fourth-order valence-corrected chi connectivity index (χ4v) is 3.53. The summed E-state index contributed by atoms with van der Waals surface area (Å²) in [6, 6.07) is 14.8. The van der Waals surface area contributed by atoms with Crippen LogP contribution in [0.3, 0.4) is 0 Å². The Labute approximate surface area is 154 Å². The maximum Gasteiger partial charge on any atom is 0.247 e. The first kappa shape index (κ1) is 16.8. The Balaban J connectivity index is 1.50. The minimum absolute atomic E-state index is 0.570. The predicted molar refractivity (Wildman–Crippen MR) is 103 cm³/mol. The molecule has 0 amide bonds. The maximum atomic E-state index is 5.54. The zero-order valence-corrected chi connectivity index (χ0v) is 15.3. The molecule has 0 saturated carbocycles. The average Bonchev–Trinajstić information content (AvgIpc) is 3.12. The molecule has 4 rings (SSSR count). The fourth-order valence-electron chi connectivity index (χ4n) is 3.53. The third-order valence-corrected chi connectivity index (χ3v) is 4.98. The number of likely N-dealkylation sites (N-methyl/N-ethyl adjacent to an activating group) is 1. The van der Waals surface area contributed by atoms with Gasteiger partial charge in [-0.1, -0.05) is 31.2 Å². The van der Waals surface area contributed by atoms with Crippen LogP contribution < -0.4 is 5.32 Å². The highest BCUT2D eigenvalue weighted by Crippen LogP contribution is 2.27. The summed E-state index contributed by atoms with van der Waals surface area (Å²) in [7, 11) is 0. The predicted octanol–water partition coefficient (Wildman–Crippen LogP) is 4.04. The number of fused-ring (bicyclic) bond motifs is 1. The van der Waals surface area contributed by atoms with Gasteiger partial charge in [0.1, 0.15) is 0 Å². The van der Waals surface area contributed by atoms with Crippen molar-refractivity contribution in [2.24, 2.45) is 0 Å². The average molecular weight is 348 g/mol. The lowest BCUT2D eigenvalue weighted by Gasteiger charge is -2.29. The molecule has 1 N–H and O–H groups in total. The van der Waals surface area contributed by atoms with Gasteiger partial charge in [0.05, 0.1) is 0 Å². The summed E-state index contributed by atoms with van der Waals surface area (Å²) in [5.41, 5.74) is 6.30. The van der Waals surface area contributed by atoms with Crippen LogP contribution in [0, 0.1) is 6.92 Å². The number of nitrogens with zero attached hydrogens (tertiary/aromatic N) is 3. The summed E-state index contributed by atoms with van der Waals surface area (Å²) in [6.45, 7) is 8.10.